The molecule has 0 atom stereocenters. The first kappa shape index (κ1) is 11.4. The predicted molar refractivity (Wildman–Crippen MR) is 71.7 cm³/mol. The Morgan fingerprint density at radius 3 is 2.74 bits per heavy atom. The summed E-state index contributed by atoms with van der Waals surface area (Å²) in [5.41, 5.74) is 2.50. The van der Waals surface area contributed by atoms with Gasteiger partial charge in [-0.15, -0.1) is 0 Å². The Labute approximate surface area is 109 Å². The minimum Gasteiger partial charge on any atom is -0.281 e. The Kier molecular flexibility index (Phi) is 2.72. The number of non-ortho nitro benzene ring substituents is 1. The molecule has 19 heavy (non-hydrogen) atoms. The summed E-state index contributed by atoms with van der Waals surface area (Å²) in [6.07, 6.45) is 8.09. The van der Waals surface area contributed by atoms with Crippen molar-refractivity contribution in [3.05, 3.63) is 70.4 Å². The van der Waals surface area contributed by atoms with Crippen LogP contribution in [-0.2, 0) is 0 Å². The van der Waals surface area contributed by atoms with Crippen LogP contribution in [0.5, 0.6) is 0 Å². The molecule has 2 aromatic rings. The van der Waals surface area contributed by atoms with Crippen LogP contribution in [0, 0.1) is 10.1 Å². The highest BCUT2D eigenvalue weighted by Crippen LogP contribution is 2.27. The Morgan fingerprint density at radius 2 is 2.00 bits per heavy atom. The van der Waals surface area contributed by atoms with Crippen LogP contribution < -0.4 is 0 Å². The van der Waals surface area contributed by atoms with E-state index in [0.717, 1.165) is 11.3 Å². The molecule has 0 bridgehead atoms. The van der Waals surface area contributed by atoms with Crippen molar-refractivity contribution in [1.29, 1.82) is 0 Å². The second-order valence-electron chi connectivity index (χ2n) is 4.31. The monoisotopic (exact) mass is 253 g/mol. The van der Waals surface area contributed by atoms with Gasteiger partial charge in [-0.25, -0.2) is 0 Å². The van der Waals surface area contributed by atoms with Crippen LogP contribution in [0.15, 0.2) is 54.6 Å². The highest BCUT2D eigenvalue weighted by Gasteiger charge is 2.13. The molecule has 0 fully saturated rings. The Balaban J connectivity index is 1.94. The van der Waals surface area contributed by atoms with Gasteiger partial charge in [-0.2, -0.15) is 5.10 Å². The van der Waals surface area contributed by atoms with Crippen molar-refractivity contribution in [3.8, 4) is 11.3 Å². The summed E-state index contributed by atoms with van der Waals surface area (Å²) >= 11 is 0. The molecule has 0 unspecified atom stereocenters. The Hall–Kier alpha value is -2.69. The standard InChI is InChI=1S/C14H11N3O2/c18-17(19)12-7-3-6-11(8-12)14-9-13(15-16-14)10-4-1-2-5-10/h1-10H,(H,15,16). The lowest BCUT2D eigenvalue weighted by Crippen LogP contribution is -1.88. The lowest BCUT2D eigenvalue weighted by atomic mass is 10.1. The van der Waals surface area contributed by atoms with E-state index >= 15 is 0 Å². The molecule has 1 aromatic carbocycles. The number of nitro benzene ring substituents is 1. The van der Waals surface area contributed by atoms with Crippen molar-refractivity contribution in [1.82, 2.24) is 10.2 Å². The Bertz CT molecular complexity index is 674. The molecular weight excluding hydrogens is 242 g/mol. The van der Waals surface area contributed by atoms with Crippen LogP contribution in [0.4, 0.5) is 5.69 Å². The molecule has 0 saturated heterocycles. The number of allylic oxidation sites excluding steroid dienone is 4. The average molecular weight is 253 g/mol. The van der Waals surface area contributed by atoms with Gasteiger partial charge in [-0.05, 0) is 6.07 Å². The van der Waals surface area contributed by atoms with E-state index in [0.29, 0.717) is 5.69 Å². The van der Waals surface area contributed by atoms with Crippen molar-refractivity contribution in [2.75, 3.05) is 0 Å². The fraction of sp³-hybridized carbons (Fsp3) is 0.0714. The van der Waals surface area contributed by atoms with E-state index in [-0.39, 0.29) is 11.6 Å². The molecule has 3 rings (SSSR count). The summed E-state index contributed by atoms with van der Waals surface area (Å²) in [5, 5.41) is 17.9. The molecule has 0 saturated carbocycles. The lowest BCUT2D eigenvalue weighted by Gasteiger charge is -1.99. The summed E-state index contributed by atoms with van der Waals surface area (Å²) in [6, 6.07) is 8.40. The number of rotatable bonds is 3. The molecule has 5 nitrogen and oxygen atoms in total. The Morgan fingerprint density at radius 1 is 1.21 bits per heavy atom. The van der Waals surface area contributed by atoms with Gasteiger partial charge < -0.3 is 0 Å². The fourth-order valence-corrected chi connectivity index (χ4v) is 2.07. The number of benzene rings is 1. The first-order chi connectivity index (χ1) is 9.24. The van der Waals surface area contributed by atoms with Gasteiger partial charge in [0.25, 0.3) is 5.69 Å². The second kappa shape index (κ2) is 4.53. The molecule has 1 N–H and O–H groups in total. The third-order valence-electron chi connectivity index (χ3n) is 3.06. The van der Waals surface area contributed by atoms with Crippen molar-refractivity contribution < 1.29 is 4.92 Å². The van der Waals surface area contributed by atoms with Crippen molar-refractivity contribution in [2.45, 2.75) is 5.92 Å². The highest BCUT2D eigenvalue weighted by molar-refractivity contribution is 5.63. The van der Waals surface area contributed by atoms with Gasteiger partial charge in [0.15, 0.2) is 0 Å². The first-order valence-electron chi connectivity index (χ1n) is 5.89. The largest absolute Gasteiger partial charge is 0.281 e. The van der Waals surface area contributed by atoms with Gasteiger partial charge in [0.1, 0.15) is 0 Å². The van der Waals surface area contributed by atoms with E-state index in [9.17, 15) is 10.1 Å². The summed E-state index contributed by atoms with van der Waals surface area (Å²) < 4.78 is 0. The minimum atomic E-state index is -0.403. The van der Waals surface area contributed by atoms with Crippen molar-refractivity contribution in [3.63, 3.8) is 0 Å². The molecule has 0 radical (unpaired) electrons. The zero-order chi connectivity index (χ0) is 13.2. The minimum absolute atomic E-state index is 0.0720. The van der Waals surface area contributed by atoms with E-state index in [1.165, 1.54) is 12.1 Å². The van der Waals surface area contributed by atoms with Crippen LogP contribution in [0.1, 0.15) is 11.6 Å². The zero-order valence-electron chi connectivity index (χ0n) is 9.98. The molecule has 0 aliphatic heterocycles. The normalized spacial score (nSPS) is 14.1. The maximum atomic E-state index is 10.8. The smallest absolute Gasteiger partial charge is 0.270 e. The molecule has 1 aromatic heterocycles. The van der Waals surface area contributed by atoms with E-state index in [2.05, 4.69) is 22.3 Å². The predicted octanol–water partition coefficient (Wildman–Crippen LogP) is 3.19. The summed E-state index contributed by atoms with van der Waals surface area (Å²) in [5.74, 6) is 0.208. The number of hydrogen-bond donors (Lipinski definition) is 1. The number of nitrogens with one attached hydrogen (secondary N) is 1. The number of H-pyrrole nitrogens is 1. The SMILES string of the molecule is O=[N+]([O-])c1cccc(-c2cc(C3C=CC=C3)[nH]n2)c1. The quantitative estimate of drug-likeness (QED) is 0.674. The van der Waals surface area contributed by atoms with Crippen LogP contribution in [0.3, 0.4) is 0 Å². The third kappa shape index (κ3) is 2.18. The number of nitrogens with zero attached hydrogens (tertiary/aromatic N) is 2. The van der Waals surface area contributed by atoms with Gasteiger partial charge in [-0.1, -0.05) is 36.4 Å². The van der Waals surface area contributed by atoms with Crippen LogP contribution in [0.25, 0.3) is 11.3 Å². The number of aromatic amines is 1. The van der Waals surface area contributed by atoms with Crippen LogP contribution in [0.2, 0.25) is 0 Å². The molecule has 5 heteroatoms. The lowest BCUT2D eigenvalue weighted by molar-refractivity contribution is -0.384. The van der Waals surface area contributed by atoms with E-state index in [1.807, 2.05) is 24.3 Å². The van der Waals surface area contributed by atoms with Crippen LogP contribution in [-0.4, -0.2) is 15.1 Å². The molecule has 1 heterocycles. The third-order valence-corrected chi connectivity index (χ3v) is 3.06. The molecule has 94 valence electrons. The molecule has 0 spiro atoms. The van der Waals surface area contributed by atoms with Gasteiger partial charge in [-0.3, -0.25) is 15.2 Å². The number of nitro groups is 1. The maximum Gasteiger partial charge on any atom is 0.270 e. The van der Waals surface area contributed by atoms with E-state index in [4.69, 9.17) is 0 Å². The second-order valence-corrected chi connectivity index (χ2v) is 4.31. The molecule has 1 aliphatic carbocycles. The summed E-state index contributed by atoms with van der Waals surface area (Å²) in [4.78, 5) is 10.4. The fourth-order valence-electron chi connectivity index (χ4n) is 2.07. The summed E-state index contributed by atoms with van der Waals surface area (Å²) in [7, 11) is 0. The van der Waals surface area contributed by atoms with Crippen LogP contribution >= 0.6 is 0 Å². The van der Waals surface area contributed by atoms with Gasteiger partial charge in [0.2, 0.25) is 0 Å². The van der Waals surface area contributed by atoms with Gasteiger partial charge in [0.05, 0.1) is 10.6 Å². The zero-order valence-corrected chi connectivity index (χ0v) is 9.98. The number of aromatic nitrogens is 2. The van der Waals surface area contributed by atoms with Gasteiger partial charge >= 0.3 is 0 Å². The van der Waals surface area contributed by atoms with Crippen molar-refractivity contribution >= 4 is 5.69 Å². The molecule has 1 aliphatic rings. The highest BCUT2D eigenvalue weighted by atomic mass is 16.6. The topological polar surface area (TPSA) is 71.8 Å². The molecular formula is C14H11N3O2. The van der Waals surface area contributed by atoms with E-state index < -0.39 is 4.92 Å². The maximum absolute atomic E-state index is 10.8. The first-order valence-corrected chi connectivity index (χ1v) is 5.89. The van der Waals surface area contributed by atoms with Crippen molar-refractivity contribution in [2.24, 2.45) is 0 Å². The van der Waals surface area contributed by atoms with Gasteiger partial charge in [0, 0.05) is 29.3 Å². The van der Waals surface area contributed by atoms with E-state index in [1.54, 1.807) is 6.07 Å². The summed E-state index contributed by atoms with van der Waals surface area (Å²) in [6.45, 7) is 0. The average Bonchev–Trinajstić information content (AvgIpc) is 3.09. The number of hydrogen-bond acceptors (Lipinski definition) is 3. The molecule has 0 amide bonds.